The van der Waals surface area contributed by atoms with E-state index in [1.54, 1.807) is 17.4 Å². The van der Waals surface area contributed by atoms with E-state index in [9.17, 15) is 14.7 Å². The van der Waals surface area contributed by atoms with Crippen molar-refractivity contribution in [2.75, 3.05) is 0 Å². The SMILES string of the molecule is O=C(Cc1csc(-c2ccsc2)n1)OCc1cc(=O)oc2cc(O)ccc12. The van der Waals surface area contributed by atoms with Crippen LogP contribution >= 0.6 is 22.7 Å². The molecule has 0 aliphatic carbocycles. The molecule has 0 amide bonds. The molecule has 0 saturated heterocycles. The fourth-order valence-electron chi connectivity index (χ4n) is 2.60. The number of rotatable bonds is 5. The van der Waals surface area contributed by atoms with Gasteiger partial charge in [-0.15, -0.1) is 11.3 Å². The highest BCUT2D eigenvalue weighted by molar-refractivity contribution is 7.14. The number of thiazole rings is 1. The van der Waals surface area contributed by atoms with Gasteiger partial charge in [-0.2, -0.15) is 11.3 Å². The summed E-state index contributed by atoms with van der Waals surface area (Å²) in [4.78, 5) is 28.3. The Balaban J connectivity index is 1.45. The lowest BCUT2D eigenvalue weighted by molar-refractivity contribution is -0.144. The third kappa shape index (κ3) is 3.91. The van der Waals surface area contributed by atoms with Crippen LogP contribution in [0.4, 0.5) is 0 Å². The number of ether oxygens (including phenoxy) is 1. The molecular weight excluding hydrogens is 386 g/mol. The van der Waals surface area contributed by atoms with Crippen LogP contribution in [0.1, 0.15) is 11.3 Å². The van der Waals surface area contributed by atoms with E-state index in [0.29, 0.717) is 16.6 Å². The Labute approximate surface area is 161 Å². The first-order valence-electron chi connectivity index (χ1n) is 7.97. The molecule has 0 aliphatic heterocycles. The molecule has 3 heterocycles. The Bertz CT molecular complexity index is 1160. The molecule has 0 fully saturated rings. The van der Waals surface area contributed by atoms with Gasteiger partial charge in [0.15, 0.2) is 0 Å². The Morgan fingerprint density at radius 3 is 2.93 bits per heavy atom. The largest absolute Gasteiger partial charge is 0.508 e. The number of aromatic hydroxyl groups is 1. The summed E-state index contributed by atoms with van der Waals surface area (Å²) in [5.41, 5.74) is 1.88. The maximum atomic E-state index is 12.2. The number of aromatic nitrogens is 1. The number of hydrogen-bond donors (Lipinski definition) is 1. The molecule has 4 rings (SSSR count). The molecule has 6 nitrogen and oxygen atoms in total. The number of phenolic OH excluding ortho intramolecular Hbond substituents is 1. The summed E-state index contributed by atoms with van der Waals surface area (Å²) in [6.07, 6.45) is 0.0563. The maximum absolute atomic E-state index is 12.2. The van der Waals surface area contributed by atoms with E-state index in [4.69, 9.17) is 9.15 Å². The first kappa shape index (κ1) is 17.4. The van der Waals surface area contributed by atoms with Crippen LogP contribution in [0.3, 0.4) is 0 Å². The molecule has 136 valence electrons. The number of hydrogen-bond acceptors (Lipinski definition) is 8. The molecule has 0 unspecified atom stereocenters. The van der Waals surface area contributed by atoms with Gasteiger partial charge < -0.3 is 14.3 Å². The van der Waals surface area contributed by atoms with Crippen LogP contribution in [-0.4, -0.2) is 16.1 Å². The quantitative estimate of drug-likeness (QED) is 0.403. The lowest BCUT2D eigenvalue weighted by Crippen LogP contribution is -2.10. The number of thiophene rings is 1. The molecule has 0 aliphatic rings. The fourth-order valence-corrected chi connectivity index (χ4v) is 4.13. The maximum Gasteiger partial charge on any atom is 0.336 e. The third-order valence-electron chi connectivity index (χ3n) is 3.85. The van der Waals surface area contributed by atoms with Gasteiger partial charge in [-0.1, -0.05) is 0 Å². The molecule has 0 saturated carbocycles. The summed E-state index contributed by atoms with van der Waals surface area (Å²) >= 11 is 3.07. The van der Waals surface area contributed by atoms with E-state index in [-0.39, 0.29) is 24.4 Å². The molecule has 27 heavy (non-hydrogen) atoms. The molecule has 4 aromatic rings. The van der Waals surface area contributed by atoms with E-state index in [1.807, 2.05) is 22.2 Å². The topological polar surface area (TPSA) is 89.6 Å². The van der Waals surface area contributed by atoms with Crippen molar-refractivity contribution in [2.45, 2.75) is 13.0 Å². The summed E-state index contributed by atoms with van der Waals surface area (Å²) in [7, 11) is 0. The van der Waals surface area contributed by atoms with Crippen LogP contribution in [-0.2, 0) is 22.6 Å². The van der Waals surface area contributed by atoms with E-state index >= 15 is 0 Å². The third-order valence-corrected chi connectivity index (χ3v) is 5.47. The highest BCUT2D eigenvalue weighted by atomic mass is 32.1. The van der Waals surface area contributed by atoms with Crippen LogP contribution in [0.2, 0.25) is 0 Å². The van der Waals surface area contributed by atoms with E-state index in [1.165, 1.54) is 29.5 Å². The molecule has 1 aromatic carbocycles. The molecule has 1 N–H and O–H groups in total. The molecule has 3 aromatic heterocycles. The van der Waals surface area contributed by atoms with Crippen molar-refractivity contribution in [1.29, 1.82) is 0 Å². The zero-order chi connectivity index (χ0) is 18.8. The van der Waals surface area contributed by atoms with E-state index < -0.39 is 11.6 Å². The summed E-state index contributed by atoms with van der Waals surface area (Å²) < 4.78 is 10.4. The van der Waals surface area contributed by atoms with Crippen molar-refractivity contribution in [3.8, 4) is 16.3 Å². The second-order valence-electron chi connectivity index (χ2n) is 5.76. The predicted molar refractivity (Wildman–Crippen MR) is 103 cm³/mol. The van der Waals surface area contributed by atoms with Gasteiger partial charge in [0.2, 0.25) is 0 Å². The Morgan fingerprint density at radius 1 is 1.22 bits per heavy atom. The number of esters is 1. The molecule has 0 bridgehead atoms. The average molecular weight is 399 g/mol. The molecular formula is C19H13NO5S2. The Hall–Kier alpha value is -2.97. The van der Waals surface area contributed by atoms with Crippen molar-refractivity contribution >= 4 is 39.6 Å². The summed E-state index contributed by atoms with van der Waals surface area (Å²) in [6, 6.07) is 7.71. The van der Waals surface area contributed by atoms with E-state index in [0.717, 1.165) is 10.6 Å². The van der Waals surface area contributed by atoms with Gasteiger partial charge in [0.25, 0.3) is 0 Å². The van der Waals surface area contributed by atoms with Gasteiger partial charge >= 0.3 is 11.6 Å². The van der Waals surface area contributed by atoms with Crippen molar-refractivity contribution in [2.24, 2.45) is 0 Å². The highest BCUT2D eigenvalue weighted by Gasteiger charge is 2.13. The highest BCUT2D eigenvalue weighted by Crippen LogP contribution is 2.26. The fraction of sp³-hybridized carbons (Fsp3) is 0.105. The van der Waals surface area contributed by atoms with Crippen LogP contribution in [0.25, 0.3) is 21.5 Å². The minimum absolute atomic E-state index is 0.00949. The van der Waals surface area contributed by atoms with Crippen LogP contribution in [0.15, 0.2) is 55.7 Å². The van der Waals surface area contributed by atoms with Crippen LogP contribution in [0.5, 0.6) is 5.75 Å². The number of carbonyl (C=O) groups excluding carboxylic acids is 1. The lowest BCUT2D eigenvalue weighted by atomic mass is 10.1. The number of benzene rings is 1. The predicted octanol–water partition coefficient (Wildman–Crippen LogP) is 3.97. The van der Waals surface area contributed by atoms with Gasteiger partial charge in [-0.25, -0.2) is 9.78 Å². The minimum Gasteiger partial charge on any atom is -0.508 e. The first-order valence-corrected chi connectivity index (χ1v) is 9.79. The van der Waals surface area contributed by atoms with Crippen molar-refractivity contribution in [3.63, 3.8) is 0 Å². The molecule has 0 spiro atoms. The minimum atomic E-state index is -0.570. The second kappa shape index (κ2) is 7.34. The zero-order valence-electron chi connectivity index (χ0n) is 13.9. The molecule has 0 atom stereocenters. The first-order chi connectivity index (χ1) is 13.1. The summed E-state index contributed by atoms with van der Waals surface area (Å²) in [6.45, 7) is -0.0623. The summed E-state index contributed by atoms with van der Waals surface area (Å²) in [5.74, 6) is -0.443. The van der Waals surface area contributed by atoms with Crippen LogP contribution < -0.4 is 5.63 Å². The van der Waals surface area contributed by atoms with Crippen LogP contribution in [0, 0.1) is 0 Å². The number of nitrogens with zero attached hydrogens (tertiary/aromatic N) is 1. The smallest absolute Gasteiger partial charge is 0.336 e. The van der Waals surface area contributed by atoms with Gasteiger partial charge in [0.05, 0.1) is 12.1 Å². The zero-order valence-corrected chi connectivity index (χ0v) is 15.5. The monoisotopic (exact) mass is 399 g/mol. The lowest BCUT2D eigenvalue weighted by Gasteiger charge is -2.07. The number of fused-ring (bicyclic) bond motifs is 1. The van der Waals surface area contributed by atoms with Crippen molar-refractivity contribution < 1.29 is 19.1 Å². The van der Waals surface area contributed by atoms with Gasteiger partial charge in [0.1, 0.15) is 22.9 Å². The molecule has 8 heteroatoms. The molecule has 0 radical (unpaired) electrons. The number of carbonyl (C=O) groups is 1. The normalized spacial score (nSPS) is 11.0. The standard InChI is InChI=1S/C19H13NO5S2/c21-14-1-2-15-12(5-18(23)25-16(15)7-14)8-24-17(22)6-13-10-27-19(20-13)11-3-4-26-9-11/h1-5,7,9-10,21H,6,8H2. The van der Waals surface area contributed by atoms with Gasteiger partial charge in [-0.05, 0) is 23.6 Å². The van der Waals surface area contributed by atoms with Crippen molar-refractivity contribution in [3.05, 3.63) is 68.1 Å². The second-order valence-corrected chi connectivity index (χ2v) is 7.40. The average Bonchev–Trinajstić information content (AvgIpc) is 3.30. The Morgan fingerprint density at radius 2 is 2.11 bits per heavy atom. The number of phenols is 1. The van der Waals surface area contributed by atoms with Gasteiger partial charge in [0, 0.05) is 39.4 Å². The summed E-state index contributed by atoms with van der Waals surface area (Å²) in [5, 5.41) is 16.8. The Kier molecular flexibility index (Phi) is 4.74. The van der Waals surface area contributed by atoms with E-state index in [2.05, 4.69) is 4.98 Å². The van der Waals surface area contributed by atoms with Crippen molar-refractivity contribution in [1.82, 2.24) is 4.98 Å². The van der Waals surface area contributed by atoms with Gasteiger partial charge in [-0.3, -0.25) is 4.79 Å².